The van der Waals surface area contributed by atoms with E-state index in [0.29, 0.717) is 0 Å². The van der Waals surface area contributed by atoms with Crippen molar-refractivity contribution in [2.75, 3.05) is 4.90 Å². The van der Waals surface area contributed by atoms with E-state index in [1.807, 2.05) is 0 Å². The molecule has 0 aliphatic rings. The van der Waals surface area contributed by atoms with E-state index in [1.54, 1.807) is 0 Å². The molecule has 11 aromatic rings. The van der Waals surface area contributed by atoms with Crippen molar-refractivity contribution >= 4 is 82.4 Å². The standard InChI is InChI=1S/C50H32N2O/c1-3-15-33(16-4-1)34-27-29-37(30-28-34)51(44-31-35-17-7-8-20-38(35)39-21-9-10-22-40(39)44)45-32-47-48(42-24-12-14-26-46(42)53-47)49-41-23-11-13-25-43(41)52(50(45)49)36-18-5-2-6-19-36/h1-32H. The van der Waals surface area contributed by atoms with Crippen molar-refractivity contribution in [2.24, 2.45) is 0 Å². The number of hydrogen-bond acceptors (Lipinski definition) is 2. The summed E-state index contributed by atoms with van der Waals surface area (Å²) in [6.07, 6.45) is 0. The van der Waals surface area contributed by atoms with E-state index in [2.05, 4.69) is 204 Å². The molecule has 0 aliphatic carbocycles. The summed E-state index contributed by atoms with van der Waals surface area (Å²) in [7, 11) is 0. The van der Waals surface area contributed by atoms with Gasteiger partial charge in [-0.25, -0.2) is 0 Å². The van der Waals surface area contributed by atoms with Crippen molar-refractivity contribution in [3.05, 3.63) is 194 Å². The first-order valence-electron chi connectivity index (χ1n) is 18.1. The van der Waals surface area contributed by atoms with Crippen molar-refractivity contribution in [3.8, 4) is 16.8 Å². The fourth-order valence-electron chi connectivity index (χ4n) is 8.43. The molecule has 0 amide bonds. The van der Waals surface area contributed by atoms with Crippen LogP contribution >= 0.6 is 0 Å². The number of para-hydroxylation sites is 3. The lowest BCUT2D eigenvalue weighted by Crippen LogP contribution is -2.12. The van der Waals surface area contributed by atoms with E-state index >= 15 is 0 Å². The molecule has 0 saturated heterocycles. The molecular weight excluding hydrogens is 645 g/mol. The third-order valence-electron chi connectivity index (χ3n) is 10.7. The maximum Gasteiger partial charge on any atom is 0.138 e. The number of benzene rings is 9. The zero-order valence-electron chi connectivity index (χ0n) is 28.8. The first kappa shape index (κ1) is 29.6. The van der Waals surface area contributed by atoms with Gasteiger partial charge in [-0.15, -0.1) is 0 Å². The second-order valence-corrected chi connectivity index (χ2v) is 13.7. The molecule has 9 aromatic carbocycles. The number of aromatic nitrogens is 1. The van der Waals surface area contributed by atoms with Crippen LogP contribution in [0.4, 0.5) is 17.1 Å². The number of anilines is 3. The van der Waals surface area contributed by atoms with Crippen LogP contribution in [0.1, 0.15) is 0 Å². The van der Waals surface area contributed by atoms with Gasteiger partial charge < -0.3 is 13.9 Å². The predicted molar refractivity (Wildman–Crippen MR) is 223 cm³/mol. The predicted octanol–water partition coefficient (Wildman–Crippen LogP) is 14.1. The summed E-state index contributed by atoms with van der Waals surface area (Å²) in [4.78, 5) is 2.46. The van der Waals surface area contributed by atoms with E-state index in [1.165, 1.54) is 43.4 Å². The van der Waals surface area contributed by atoms with Gasteiger partial charge in [0.25, 0.3) is 0 Å². The summed E-state index contributed by atoms with van der Waals surface area (Å²) < 4.78 is 9.23. The van der Waals surface area contributed by atoms with Gasteiger partial charge in [-0.1, -0.05) is 146 Å². The second-order valence-electron chi connectivity index (χ2n) is 13.7. The molecule has 0 spiro atoms. The fourth-order valence-corrected chi connectivity index (χ4v) is 8.43. The molecule has 0 saturated carbocycles. The molecular formula is C50H32N2O. The molecule has 0 unspecified atom stereocenters. The number of fused-ring (bicyclic) bond motifs is 10. The molecule has 0 bridgehead atoms. The Bertz CT molecular complexity index is 3160. The van der Waals surface area contributed by atoms with Crippen molar-refractivity contribution in [1.29, 1.82) is 0 Å². The minimum atomic E-state index is 0.862. The summed E-state index contributed by atoms with van der Waals surface area (Å²) in [6.45, 7) is 0. The van der Waals surface area contributed by atoms with E-state index in [0.717, 1.165) is 55.7 Å². The maximum absolute atomic E-state index is 6.79. The minimum absolute atomic E-state index is 0.862. The molecule has 0 aliphatic heterocycles. The van der Waals surface area contributed by atoms with E-state index in [9.17, 15) is 0 Å². The van der Waals surface area contributed by atoms with Gasteiger partial charge >= 0.3 is 0 Å². The van der Waals surface area contributed by atoms with E-state index in [4.69, 9.17) is 4.42 Å². The summed E-state index contributed by atoms with van der Waals surface area (Å²) in [5, 5.41) is 9.44. The number of nitrogens with zero attached hydrogens (tertiary/aromatic N) is 2. The Morgan fingerprint density at radius 2 is 1.00 bits per heavy atom. The molecule has 0 radical (unpaired) electrons. The van der Waals surface area contributed by atoms with Gasteiger partial charge in [-0.05, 0) is 69.8 Å². The molecule has 11 rings (SSSR count). The van der Waals surface area contributed by atoms with Crippen molar-refractivity contribution in [3.63, 3.8) is 0 Å². The largest absolute Gasteiger partial charge is 0.456 e. The van der Waals surface area contributed by atoms with Crippen LogP contribution in [-0.4, -0.2) is 4.57 Å². The second kappa shape index (κ2) is 11.7. The van der Waals surface area contributed by atoms with Crippen LogP contribution in [0.25, 0.3) is 82.1 Å². The smallest absolute Gasteiger partial charge is 0.138 e. The molecule has 0 atom stereocenters. The summed E-state index contributed by atoms with van der Waals surface area (Å²) >= 11 is 0. The maximum atomic E-state index is 6.79. The Kier molecular flexibility index (Phi) is 6.55. The Hall–Kier alpha value is -7.10. The van der Waals surface area contributed by atoms with Crippen LogP contribution in [0.5, 0.6) is 0 Å². The third kappa shape index (κ3) is 4.54. The Morgan fingerprint density at radius 3 is 1.79 bits per heavy atom. The van der Waals surface area contributed by atoms with Crippen LogP contribution in [0, 0.1) is 0 Å². The highest BCUT2D eigenvalue weighted by atomic mass is 16.3. The Morgan fingerprint density at radius 1 is 0.396 bits per heavy atom. The Balaban J connectivity index is 1.33. The fraction of sp³-hybridized carbons (Fsp3) is 0. The average molecular weight is 677 g/mol. The molecule has 3 heteroatoms. The van der Waals surface area contributed by atoms with Gasteiger partial charge in [-0.3, -0.25) is 0 Å². The van der Waals surface area contributed by atoms with Crippen molar-refractivity contribution < 1.29 is 4.42 Å². The van der Waals surface area contributed by atoms with Crippen LogP contribution in [0.2, 0.25) is 0 Å². The van der Waals surface area contributed by atoms with Gasteiger partial charge in [-0.2, -0.15) is 0 Å². The number of hydrogen-bond donors (Lipinski definition) is 0. The summed E-state index contributed by atoms with van der Waals surface area (Å²) in [6, 6.07) is 69.7. The van der Waals surface area contributed by atoms with E-state index < -0.39 is 0 Å². The molecule has 0 N–H and O–H groups in total. The highest BCUT2D eigenvalue weighted by molar-refractivity contribution is 6.31. The molecule has 2 aromatic heterocycles. The van der Waals surface area contributed by atoms with Gasteiger partial charge in [0.15, 0.2) is 0 Å². The highest BCUT2D eigenvalue weighted by Gasteiger charge is 2.27. The van der Waals surface area contributed by atoms with Gasteiger partial charge in [0.05, 0.1) is 22.4 Å². The van der Waals surface area contributed by atoms with E-state index in [-0.39, 0.29) is 0 Å². The summed E-state index contributed by atoms with van der Waals surface area (Å²) in [5.41, 5.74) is 10.7. The van der Waals surface area contributed by atoms with Gasteiger partial charge in [0.1, 0.15) is 11.2 Å². The first-order chi connectivity index (χ1) is 26.3. The highest BCUT2D eigenvalue weighted by Crippen LogP contribution is 2.50. The van der Waals surface area contributed by atoms with Crippen molar-refractivity contribution in [2.45, 2.75) is 0 Å². The number of rotatable bonds is 5. The third-order valence-corrected chi connectivity index (χ3v) is 10.7. The normalized spacial score (nSPS) is 11.8. The van der Waals surface area contributed by atoms with Gasteiger partial charge in [0, 0.05) is 44.4 Å². The van der Waals surface area contributed by atoms with Crippen molar-refractivity contribution in [1.82, 2.24) is 4.57 Å². The SMILES string of the molecule is c1ccc(-c2ccc(N(c3cc4ccccc4c4ccccc34)c3cc4oc5ccccc5c4c4c5ccccc5n(-c5ccccc5)c34)cc2)cc1. The monoisotopic (exact) mass is 676 g/mol. The topological polar surface area (TPSA) is 21.3 Å². The lowest BCUT2D eigenvalue weighted by atomic mass is 9.98. The van der Waals surface area contributed by atoms with Crippen LogP contribution < -0.4 is 4.90 Å². The molecule has 53 heavy (non-hydrogen) atoms. The zero-order chi connectivity index (χ0) is 34.9. The zero-order valence-corrected chi connectivity index (χ0v) is 28.8. The molecule has 248 valence electrons. The van der Waals surface area contributed by atoms with Gasteiger partial charge in [0.2, 0.25) is 0 Å². The quantitative estimate of drug-likeness (QED) is 0.169. The minimum Gasteiger partial charge on any atom is -0.456 e. The molecule has 0 fully saturated rings. The number of furan rings is 1. The molecule has 3 nitrogen and oxygen atoms in total. The summed E-state index contributed by atoms with van der Waals surface area (Å²) in [5.74, 6) is 0. The lowest BCUT2D eigenvalue weighted by Gasteiger charge is -2.29. The lowest BCUT2D eigenvalue weighted by molar-refractivity contribution is 0.669. The Labute approximate surface area is 306 Å². The first-order valence-corrected chi connectivity index (χ1v) is 18.1. The van der Waals surface area contributed by atoms with Crippen LogP contribution in [0.15, 0.2) is 199 Å². The average Bonchev–Trinajstić information content (AvgIpc) is 3.78. The van der Waals surface area contributed by atoms with Crippen LogP contribution in [0.3, 0.4) is 0 Å². The molecule has 2 heterocycles. The van der Waals surface area contributed by atoms with Crippen LogP contribution in [-0.2, 0) is 0 Å².